The van der Waals surface area contributed by atoms with Gasteiger partial charge in [0.1, 0.15) is 0 Å². The molecule has 76 valence electrons. The summed E-state index contributed by atoms with van der Waals surface area (Å²) in [6.45, 7) is 3.40. The number of anilines is 1. The molecule has 0 aromatic heterocycles. The van der Waals surface area contributed by atoms with Gasteiger partial charge in [-0.25, -0.2) is 0 Å². The third-order valence-corrected chi connectivity index (χ3v) is 3.06. The van der Waals surface area contributed by atoms with Crippen molar-refractivity contribution in [1.29, 1.82) is 0 Å². The lowest BCUT2D eigenvalue weighted by molar-refractivity contribution is 0.122. The fourth-order valence-corrected chi connectivity index (χ4v) is 2.33. The van der Waals surface area contributed by atoms with Crippen LogP contribution >= 0.6 is 27.5 Å². The predicted octanol–water partition coefficient (Wildman–Crippen LogP) is 2.94. The molecule has 4 heteroatoms. The maximum Gasteiger partial charge on any atom is 0.0650 e. The smallest absolute Gasteiger partial charge is 0.0650 e. The van der Waals surface area contributed by atoms with Gasteiger partial charge in [-0.05, 0) is 18.2 Å². The zero-order chi connectivity index (χ0) is 9.97. The Kier molecular flexibility index (Phi) is 3.31. The highest BCUT2D eigenvalue weighted by Gasteiger charge is 2.13. The monoisotopic (exact) mass is 275 g/mol. The molecule has 0 spiro atoms. The molecule has 1 saturated heterocycles. The van der Waals surface area contributed by atoms with E-state index >= 15 is 0 Å². The second-order valence-electron chi connectivity index (χ2n) is 3.20. The average Bonchev–Trinajstić information content (AvgIpc) is 2.19. The van der Waals surface area contributed by atoms with Gasteiger partial charge in [0.2, 0.25) is 0 Å². The summed E-state index contributed by atoms with van der Waals surface area (Å²) in [4.78, 5) is 2.25. The predicted molar refractivity (Wildman–Crippen MR) is 62.2 cm³/mol. The number of morpholine rings is 1. The van der Waals surface area contributed by atoms with Gasteiger partial charge >= 0.3 is 0 Å². The number of benzene rings is 1. The Balaban J connectivity index is 2.22. The number of hydrogen-bond acceptors (Lipinski definition) is 2. The van der Waals surface area contributed by atoms with Crippen LogP contribution < -0.4 is 4.90 Å². The molecule has 1 fully saturated rings. The van der Waals surface area contributed by atoms with Crippen LogP contribution in [0.25, 0.3) is 0 Å². The fourth-order valence-electron chi connectivity index (χ4n) is 1.54. The average molecular weight is 277 g/mol. The molecule has 0 radical (unpaired) electrons. The van der Waals surface area contributed by atoms with Gasteiger partial charge in [-0.15, -0.1) is 0 Å². The van der Waals surface area contributed by atoms with E-state index in [2.05, 4.69) is 20.8 Å². The van der Waals surface area contributed by atoms with Crippen molar-refractivity contribution in [3.63, 3.8) is 0 Å². The summed E-state index contributed by atoms with van der Waals surface area (Å²) < 4.78 is 6.30. The summed E-state index contributed by atoms with van der Waals surface area (Å²) in [5.41, 5.74) is 1.10. The normalized spacial score (nSPS) is 17.1. The zero-order valence-electron chi connectivity index (χ0n) is 7.67. The van der Waals surface area contributed by atoms with E-state index in [1.807, 2.05) is 18.2 Å². The molecular weight excluding hydrogens is 265 g/mol. The highest BCUT2D eigenvalue weighted by Crippen LogP contribution is 2.29. The lowest BCUT2D eigenvalue weighted by Gasteiger charge is -2.29. The van der Waals surface area contributed by atoms with E-state index in [0.717, 1.165) is 41.5 Å². The van der Waals surface area contributed by atoms with Gasteiger partial charge in [-0.2, -0.15) is 0 Å². The van der Waals surface area contributed by atoms with Crippen LogP contribution in [0.15, 0.2) is 22.7 Å². The third kappa shape index (κ3) is 2.22. The standard InChI is InChI=1S/C10H11BrClNO/c11-8-1-2-10(9(12)7-8)13-3-5-14-6-4-13/h1-2,7H,3-6H2. The van der Waals surface area contributed by atoms with Crippen LogP contribution in [-0.4, -0.2) is 26.3 Å². The van der Waals surface area contributed by atoms with Crippen LogP contribution in [0.4, 0.5) is 5.69 Å². The third-order valence-electron chi connectivity index (χ3n) is 2.26. The van der Waals surface area contributed by atoms with E-state index < -0.39 is 0 Å². The quantitative estimate of drug-likeness (QED) is 0.782. The van der Waals surface area contributed by atoms with E-state index in [1.165, 1.54) is 0 Å². The van der Waals surface area contributed by atoms with Gasteiger partial charge in [0.15, 0.2) is 0 Å². The first kappa shape index (κ1) is 10.3. The number of rotatable bonds is 1. The van der Waals surface area contributed by atoms with Crippen molar-refractivity contribution < 1.29 is 4.74 Å². The first-order valence-electron chi connectivity index (χ1n) is 4.55. The Morgan fingerprint density at radius 2 is 2.00 bits per heavy atom. The Hall–Kier alpha value is -0.250. The molecule has 0 bridgehead atoms. The summed E-state index contributed by atoms with van der Waals surface area (Å²) in [5.74, 6) is 0. The summed E-state index contributed by atoms with van der Waals surface area (Å²) in [6, 6.07) is 5.97. The number of ether oxygens (including phenoxy) is 1. The molecule has 1 aromatic carbocycles. The molecule has 0 aliphatic carbocycles. The van der Waals surface area contributed by atoms with Crippen molar-refractivity contribution in [1.82, 2.24) is 0 Å². The van der Waals surface area contributed by atoms with Crippen LogP contribution in [0.1, 0.15) is 0 Å². The minimum absolute atomic E-state index is 0.784. The van der Waals surface area contributed by atoms with E-state index in [4.69, 9.17) is 16.3 Å². The topological polar surface area (TPSA) is 12.5 Å². The van der Waals surface area contributed by atoms with Crippen LogP contribution in [0.2, 0.25) is 5.02 Å². The molecule has 0 N–H and O–H groups in total. The van der Waals surface area contributed by atoms with Crippen molar-refractivity contribution in [2.45, 2.75) is 0 Å². The van der Waals surface area contributed by atoms with Gasteiger partial charge in [0.25, 0.3) is 0 Å². The van der Waals surface area contributed by atoms with E-state index in [1.54, 1.807) is 0 Å². The Labute approximate surface area is 96.9 Å². The SMILES string of the molecule is Clc1cc(Br)ccc1N1CCOCC1. The number of hydrogen-bond donors (Lipinski definition) is 0. The van der Waals surface area contributed by atoms with Gasteiger partial charge in [-0.3, -0.25) is 0 Å². The molecule has 2 rings (SSSR count). The van der Waals surface area contributed by atoms with Crippen molar-refractivity contribution in [2.24, 2.45) is 0 Å². The lowest BCUT2D eigenvalue weighted by atomic mass is 10.2. The highest BCUT2D eigenvalue weighted by molar-refractivity contribution is 9.10. The molecule has 0 saturated carbocycles. The number of halogens is 2. The molecule has 0 amide bonds. The van der Waals surface area contributed by atoms with Gasteiger partial charge in [0, 0.05) is 17.6 Å². The van der Waals surface area contributed by atoms with Crippen LogP contribution in [0, 0.1) is 0 Å². The van der Waals surface area contributed by atoms with E-state index in [0.29, 0.717) is 0 Å². The molecule has 1 heterocycles. The molecule has 14 heavy (non-hydrogen) atoms. The van der Waals surface area contributed by atoms with Gasteiger partial charge in [0.05, 0.1) is 23.9 Å². The second-order valence-corrected chi connectivity index (χ2v) is 4.52. The Morgan fingerprint density at radius 1 is 1.29 bits per heavy atom. The van der Waals surface area contributed by atoms with Crippen molar-refractivity contribution in [3.05, 3.63) is 27.7 Å². The minimum Gasteiger partial charge on any atom is -0.378 e. The number of nitrogens with zero attached hydrogens (tertiary/aromatic N) is 1. The second kappa shape index (κ2) is 4.51. The van der Waals surface area contributed by atoms with E-state index in [9.17, 15) is 0 Å². The van der Waals surface area contributed by atoms with Gasteiger partial charge < -0.3 is 9.64 Å². The van der Waals surface area contributed by atoms with Crippen LogP contribution in [-0.2, 0) is 4.74 Å². The highest BCUT2D eigenvalue weighted by atomic mass is 79.9. The lowest BCUT2D eigenvalue weighted by Crippen LogP contribution is -2.36. The molecular formula is C10H11BrClNO. The van der Waals surface area contributed by atoms with Crippen LogP contribution in [0.3, 0.4) is 0 Å². The maximum atomic E-state index is 6.15. The molecule has 1 aliphatic heterocycles. The minimum atomic E-state index is 0.784. The molecule has 0 unspecified atom stereocenters. The van der Waals surface area contributed by atoms with E-state index in [-0.39, 0.29) is 0 Å². The van der Waals surface area contributed by atoms with Crippen LogP contribution in [0.5, 0.6) is 0 Å². The fraction of sp³-hybridized carbons (Fsp3) is 0.400. The summed E-state index contributed by atoms with van der Waals surface area (Å²) in [5, 5.41) is 0.793. The maximum absolute atomic E-state index is 6.15. The van der Waals surface area contributed by atoms with Gasteiger partial charge in [-0.1, -0.05) is 27.5 Å². The first-order chi connectivity index (χ1) is 6.77. The Morgan fingerprint density at radius 3 is 2.64 bits per heavy atom. The summed E-state index contributed by atoms with van der Waals surface area (Å²) in [6.07, 6.45) is 0. The summed E-state index contributed by atoms with van der Waals surface area (Å²) >= 11 is 9.54. The van der Waals surface area contributed by atoms with Crippen molar-refractivity contribution in [2.75, 3.05) is 31.2 Å². The van der Waals surface area contributed by atoms with Crippen molar-refractivity contribution >= 4 is 33.2 Å². The molecule has 0 atom stereocenters. The molecule has 2 nitrogen and oxygen atoms in total. The largest absolute Gasteiger partial charge is 0.378 e. The Bertz CT molecular complexity index is 326. The van der Waals surface area contributed by atoms with Crippen molar-refractivity contribution in [3.8, 4) is 0 Å². The summed E-state index contributed by atoms with van der Waals surface area (Å²) in [7, 11) is 0. The first-order valence-corrected chi connectivity index (χ1v) is 5.72. The zero-order valence-corrected chi connectivity index (χ0v) is 10.0. The molecule has 1 aliphatic rings. The molecule has 1 aromatic rings.